The predicted octanol–water partition coefficient (Wildman–Crippen LogP) is 0.403. The summed E-state index contributed by atoms with van der Waals surface area (Å²) in [5.41, 5.74) is -0.0754. The molecule has 1 aliphatic rings. The molecular formula is C16H21N3O7. The Kier molecular flexibility index (Phi) is 6.87. The maximum atomic E-state index is 12.5. The molecule has 1 unspecified atom stereocenters. The molecule has 0 bridgehead atoms. The molecule has 2 rings (SSSR count). The van der Waals surface area contributed by atoms with Crippen molar-refractivity contribution in [1.29, 1.82) is 0 Å². The summed E-state index contributed by atoms with van der Waals surface area (Å²) in [7, 11) is 0. The average Bonchev–Trinajstić information content (AvgIpc) is 2.66. The Balaban J connectivity index is 2.14. The number of esters is 1. The smallest absolute Gasteiger partial charge is 0.341 e. The van der Waals surface area contributed by atoms with Crippen molar-refractivity contribution in [3.05, 3.63) is 33.9 Å². The molecule has 1 saturated heterocycles. The van der Waals surface area contributed by atoms with Crippen LogP contribution in [0.1, 0.15) is 17.3 Å². The summed E-state index contributed by atoms with van der Waals surface area (Å²) in [5, 5.41) is 22.7. The van der Waals surface area contributed by atoms with E-state index in [1.807, 2.05) is 0 Å². The van der Waals surface area contributed by atoms with Crippen LogP contribution in [0.4, 0.5) is 11.4 Å². The van der Waals surface area contributed by atoms with Gasteiger partial charge >= 0.3 is 5.97 Å². The van der Waals surface area contributed by atoms with Gasteiger partial charge < -0.3 is 24.8 Å². The second kappa shape index (κ2) is 9.11. The van der Waals surface area contributed by atoms with Crippen molar-refractivity contribution in [2.24, 2.45) is 0 Å². The fourth-order valence-electron chi connectivity index (χ4n) is 2.47. The number of ether oxygens (including phenoxy) is 2. The molecule has 1 atom stereocenters. The van der Waals surface area contributed by atoms with E-state index in [2.05, 4.69) is 5.32 Å². The van der Waals surface area contributed by atoms with Gasteiger partial charge in [0.05, 0.1) is 30.3 Å². The molecule has 0 aliphatic carbocycles. The predicted molar refractivity (Wildman–Crippen MR) is 90.9 cm³/mol. The molecule has 2 N–H and O–H groups in total. The van der Waals surface area contributed by atoms with Crippen LogP contribution in [0.25, 0.3) is 0 Å². The molecule has 26 heavy (non-hydrogen) atoms. The summed E-state index contributed by atoms with van der Waals surface area (Å²) in [5.74, 6) is -1.21. The summed E-state index contributed by atoms with van der Waals surface area (Å²) >= 11 is 0. The number of aliphatic hydroxyl groups excluding tert-OH is 1. The maximum absolute atomic E-state index is 12.5. The highest BCUT2D eigenvalue weighted by Gasteiger charge is 2.27. The average molecular weight is 367 g/mol. The Labute approximate surface area is 149 Å². The van der Waals surface area contributed by atoms with E-state index < -0.39 is 17.0 Å². The van der Waals surface area contributed by atoms with E-state index in [4.69, 9.17) is 14.6 Å². The number of anilines is 1. The number of amides is 1. The summed E-state index contributed by atoms with van der Waals surface area (Å²) in [6.45, 7) is 3.10. The number of nitro groups is 1. The monoisotopic (exact) mass is 367 g/mol. The second-order valence-corrected chi connectivity index (χ2v) is 5.62. The van der Waals surface area contributed by atoms with Gasteiger partial charge in [0, 0.05) is 37.5 Å². The van der Waals surface area contributed by atoms with Gasteiger partial charge in [0.15, 0.2) is 6.10 Å². The molecule has 1 amide bonds. The van der Waals surface area contributed by atoms with E-state index >= 15 is 0 Å². The van der Waals surface area contributed by atoms with E-state index in [0.29, 0.717) is 26.3 Å². The lowest BCUT2D eigenvalue weighted by atomic mass is 10.1. The summed E-state index contributed by atoms with van der Waals surface area (Å²) in [6, 6.07) is 3.67. The van der Waals surface area contributed by atoms with Gasteiger partial charge in [0.25, 0.3) is 11.6 Å². The van der Waals surface area contributed by atoms with Crippen molar-refractivity contribution in [3.63, 3.8) is 0 Å². The van der Waals surface area contributed by atoms with Gasteiger partial charge in [-0.25, -0.2) is 4.79 Å². The molecule has 10 heteroatoms. The largest absolute Gasteiger partial charge is 0.449 e. The summed E-state index contributed by atoms with van der Waals surface area (Å²) < 4.78 is 10.4. The van der Waals surface area contributed by atoms with Crippen molar-refractivity contribution in [3.8, 4) is 0 Å². The highest BCUT2D eigenvalue weighted by molar-refractivity contribution is 5.98. The van der Waals surface area contributed by atoms with Crippen LogP contribution in [-0.2, 0) is 14.3 Å². The van der Waals surface area contributed by atoms with Crippen molar-refractivity contribution >= 4 is 23.3 Å². The van der Waals surface area contributed by atoms with Gasteiger partial charge in [-0.2, -0.15) is 0 Å². The Bertz CT molecular complexity index is 674. The van der Waals surface area contributed by atoms with Crippen LogP contribution in [0.5, 0.6) is 0 Å². The lowest BCUT2D eigenvalue weighted by molar-refractivity contribution is -0.384. The molecule has 1 aliphatic heterocycles. The van der Waals surface area contributed by atoms with Crippen molar-refractivity contribution in [2.75, 3.05) is 44.8 Å². The fraction of sp³-hybridized carbons (Fsp3) is 0.500. The first-order valence-corrected chi connectivity index (χ1v) is 8.14. The molecule has 1 aromatic rings. The molecule has 0 aromatic heterocycles. The van der Waals surface area contributed by atoms with Gasteiger partial charge in [-0.15, -0.1) is 0 Å². The normalized spacial score (nSPS) is 15.2. The zero-order chi connectivity index (χ0) is 19.1. The van der Waals surface area contributed by atoms with Crippen LogP contribution in [0.15, 0.2) is 18.2 Å². The number of morpholine rings is 1. The van der Waals surface area contributed by atoms with Crippen LogP contribution >= 0.6 is 0 Å². The van der Waals surface area contributed by atoms with Crippen molar-refractivity contribution in [2.45, 2.75) is 13.0 Å². The number of carbonyl (C=O) groups is 2. The topological polar surface area (TPSA) is 131 Å². The van der Waals surface area contributed by atoms with Gasteiger partial charge in [-0.3, -0.25) is 14.9 Å². The zero-order valence-corrected chi connectivity index (χ0v) is 14.3. The lowest BCUT2D eigenvalue weighted by Gasteiger charge is -2.29. The first-order chi connectivity index (χ1) is 12.4. The van der Waals surface area contributed by atoms with E-state index in [1.165, 1.54) is 19.1 Å². The van der Waals surface area contributed by atoms with Crippen LogP contribution in [0.2, 0.25) is 0 Å². The number of benzene rings is 1. The van der Waals surface area contributed by atoms with Gasteiger partial charge in [0.2, 0.25) is 0 Å². The number of nitrogens with zero attached hydrogens (tertiary/aromatic N) is 2. The molecular weight excluding hydrogens is 346 g/mol. The van der Waals surface area contributed by atoms with Crippen LogP contribution in [0.3, 0.4) is 0 Å². The number of hydrogen-bond donors (Lipinski definition) is 2. The fourth-order valence-corrected chi connectivity index (χ4v) is 2.47. The minimum Gasteiger partial charge on any atom is -0.449 e. The highest BCUT2D eigenvalue weighted by Crippen LogP contribution is 2.23. The highest BCUT2D eigenvalue weighted by atomic mass is 16.6. The number of non-ortho nitro benzene ring substituents is 1. The number of rotatable bonds is 7. The Hall–Kier alpha value is -2.72. The van der Waals surface area contributed by atoms with Gasteiger partial charge in [-0.05, 0) is 13.0 Å². The first kappa shape index (κ1) is 19.6. The number of nitrogens with one attached hydrogen (secondary N) is 1. The molecule has 0 spiro atoms. The molecule has 1 heterocycles. The minimum atomic E-state index is -1.04. The summed E-state index contributed by atoms with van der Waals surface area (Å²) in [6.07, 6.45) is -1.04. The number of nitro benzene ring substituents is 1. The maximum Gasteiger partial charge on any atom is 0.341 e. The minimum absolute atomic E-state index is 0.0747. The third-order valence-corrected chi connectivity index (χ3v) is 3.82. The third kappa shape index (κ3) is 4.90. The van der Waals surface area contributed by atoms with E-state index in [1.54, 1.807) is 4.90 Å². The number of aliphatic hydroxyl groups is 1. The molecule has 0 radical (unpaired) electrons. The van der Waals surface area contributed by atoms with Crippen LogP contribution in [0, 0.1) is 10.1 Å². The van der Waals surface area contributed by atoms with Crippen molar-refractivity contribution < 1.29 is 29.1 Å². The molecule has 142 valence electrons. The standard InChI is InChI=1S/C16H21N3O7/c1-11(15(21)18-5-8-25-9-6-18)26-16(22)13-10-12(19(23)24)2-3-14(13)17-4-7-20/h2-3,10-11,17,20H,4-9H2,1H3. The molecule has 1 fully saturated rings. The molecule has 10 nitrogen and oxygen atoms in total. The third-order valence-electron chi connectivity index (χ3n) is 3.82. The van der Waals surface area contributed by atoms with Crippen molar-refractivity contribution in [1.82, 2.24) is 4.90 Å². The van der Waals surface area contributed by atoms with E-state index in [0.717, 1.165) is 6.07 Å². The first-order valence-electron chi connectivity index (χ1n) is 8.14. The number of carbonyl (C=O) groups excluding carboxylic acids is 2. The van der Waals surface area contributed by atoms with Crippen LogP contribution in [-0.4, -0.2) is 72.4 Å². The van der Waals surface area contributed by atoms with E-state index in [-0.39, 0.29) is 36.0 Å². The van der Waals surface area contributed by atoms with E-state index in [9.17, 15) is 19.7 Å². The van der Waals surface area contributed by atoms with Gasteiger partial charge in [-0.1, -0.05) is 0 Å². The zero-order valence-electron chi connectivity index (χ0n) is 14.3. The number of hydrogen-bond acceptors (Lipinski definition) is 8. The SMILES string of the molecule is CC(OC(=O)c1cc([N+](=O)[O-])ccc1NCCO)C(=O)N1CCOCC1. The Morgan fingerprint density at radius 1 is 1.42 bits per heavy atom. The van der Waals surface area contributed by atoms with Gasteiger partial charge in [0.1, 0.15) is 0 Å². The Morgan fingerprint density at radius 2 is 2.12 bits per heavy atom. The molecule has 0 saturated carbocycles. The van der Waals surface area contributed by atoms with Crippen LogP contribution < -0.4 is 5.32 Å². The second-order valence-electron chi connectivity index (χ2n) is 5.62. The Morgan fingerprint density at radius 3 is 2.73 bits per heavy atom. The quantitative estimate of drug-likeness (QED) is 0.402. The summed E-state index contributed by atoms with van der Waals surface area (Å²) in [4.78, 5) is 36.7. The molecule has 1 aromatic carbocycles. The lowest BCUT2D eigenvalue weighted by Crippen LogP contribution is -2.46.